The average molecular weight is 252 g/mol. The van der Waals surface area contributed by atoms with Crippen molar-refractivity contribution in [2.75, 3.05) is 20.1 Å². The molecule has 0 bridgehead atoms. The molecule has 1 saturated heterocycles. The summed E-state index contributed by atoms with van der Waals surface area (Å²) in [6.07, 6.45) is -3.13. The Morgan fingerprint density at radius 2 is 2.06 bits per heavy atom. The zero-order valence-electron chi connectivity index (χ0n) is 10.2. The number of nitrogens with zero attached hydrogens (tertiary/aromatic N) is 1. The van der Waals surface area contributed by atoms with Crippen LogP contribution in [0.5, 0.6) is 0 Å². The van der Waals surface area contributed by atoms with Crippen LogP contribution in [0.3, 0.4) is 0 Å². The van der Waals surface area contributed by atoms with E-state index in [0.717, 1.165) is 4.90 Å². The zero-order valence-corrected chi connectivity index (χ0v) is 10.2. The molecule has 0 spiro atoms. The number of halogens is 3. The van der Waals surface area contributed by atoms with Crippen molar-refractivity contribution in [2.45, 2.75) is 44.3 Å². The van der Waals surface area contributed by atoms with Gasteiger partial charge in [-0.25, -0.2) is 0 Å². The number of hydrogen-bond donors (Lipinski definition) is 1. The Morgan fingerprint density at radius 3 is 2.53 bits per heavy atom. The highest BCUT2D eigenvalue weighted by Crippen LogP contribution is 2.42. The van der Waals surface area contributed by atoms with E-state index in [-0.39, 0.29) is 25.9 Å². The first kappa shape index (κ1) is 14.3. The molecule has 100 valence electrons. The van der Waals surface area contributed by atoms with Crippen molar-refractivity contribution in [1.82, 2.24) is 10.2 Å². The molecule has 0 aromatic heterocycles. The van der Waals surface area contributed by atoms with Crippen LogP contribution in [0, 0.1) is 0 Å². The lowest BCUT2D eigenvalue weighted by molar-refractivity contribution is -0.238. The van der Waals surface area contributed by atoms with Gasteiger partial charge in [0, 0.05) is 19.5 Å². The molecule has 1 rings (SSSR count). The van der Waals surface area contributed by atoms with E-state index in [9.17, 15) is 18.0 Å². The van der Waals surface area contributed by atoms with Crippen molar-refractivity contribution < 1.29 is 18.0 Å². The van der Waals surface area contributed by atoms with E-state index in [1.165, 1.54) is 7.05 Å². The highest BCUT2D eigenvalue weighted by atomic mass is 19.4. The quantitative estimate of drug-likeness (QED) is 0.832. The van der Waals surface area contributed by atoms with Crippen LogP contribution >= 0.6 is 0 Å². The first-order chi connectivity index (χ1) is 7.89. The Morgan fingerprint density at radius 1 is 1.41 bits per heavy atom. The van der Waals surface area contributed by atoms with Crippen LogP contribution in [0.2, 0.25) is 0 Å². The Kier molecular flexibility index (Phi) is 4.41. The van der Waals surface area contributed by atoms with E-state index < -0.39 is 17.6 Å². The number of carbonyl (C=O) groups excluding carboxylic acids is 1. The second-order valence-electron chi connectivity index (χ2n) is 4.42. The minimum Gasteiger partial charge on any atom is -0.327 e. The maximum absolute atomic E-state index is 13.3. The van der Waals surface area contributed by atoms with E-state index in [0.29, 0.717) is 12.8 Å². The number of nitrogens with one attached hydrogen (secondary N) is 1. The van der Waals surface area contributed by atoms with Gasteiger partial charge in [-0.05, 0) is 26.3 Å². The molecule has 1 aliphatic rings. The number of amides is 1. The molecule has 1 unspecified atom stereocenters. The van der Waals surface area contributed by atoms with Gasteiger partial charge < -0.3 is 10.2 Å². The fourth-order valence-corrected chi connectivity index (χ4v) is 2.46. The molecule has 1 atom stereocenters. The lowest BCUT2D eigenvalue weighted by Crippen LogP contribution is -2.66. The fourth-order valence-electron chi connectivity index (χ4n) is 2.46. The molecule has 1 heterocycles. The summed E-state index contributed by atoms with van der Waals surface area (Å²) in [5.41, 5.74) is -2.02. The fraction of sp³-hybridized carbons (Fsp3) is 0.909. The first-order valence-electron chi connectivity index (χ1n) is 5.91. The van der Waals surface area contributed by atoms with Gasteiger partial charge in [0.05, 0.1) is 0 Å². The van der Waals surface area contributed by atoms with Gasteiger partial charge in [0.15, 0.2) is 5.54 Å². The van der Waals surface area contributed by atoms with Gasteiger partial charge in [0.2, 0.25) is 5.91 Å². The molecule has 1 aliphatic heterocycles. The smallest absolute Gasteiger partial charge is 0.327 e. The predicted molar refractivity (Wildman–Crippen MR) is 58.6 cm³/mol. The van der Waals surface area contributed by atoms with Crippen LogP contribution in [-0.2, 0) is 4.79 Å². The number of piperidine rings is 1. The third-order valence-electron chi connectivity index (χ3n) is 3.34. The van der Waals surface area contributed by atoms with Crippen molar-refractivity contribution in [3.63, 3.8) is 0 Å². The van der Waals surface area contributed by atoms with E-state index in [1.807, 2.05) is 0 Å². The standard InChI is InChI=1S/C11H19F3N2O/c1-3-9(17)16-7-5-4-6-10(16,8-15-2)11(12,13)14/h15H,3-8H2,1-2H3. The number of likely N-dealkylation sites (tertiary alicyclic amines) is 1. The van der Waals surface area contributed by atoms with Crippen LogP contribution in [0.25, 0.3) is 0 Å². The predicted octanol–water partition coefficient (Wildman–Crippen LogP) is 1.93. The Labute approximate surface area is 99.4 Å². The van der Waals surface area contributed by atoms with E-state index in [4.69, 9.17) is 0 Å². The lowest BCUT2D eigenvalue weighted by atomic mass is 9.85. The molecule has 0 saturated carbocycles. The number of carbonyl (C=O) groups is 1. The highest BCUT2D eigenvalue weighted by Gasteiger charge is 2.59. The molecule has 0 aromatic rings. The maximum Gasteiger partial charge on any atom is 0.412 e. The topological polar surface area (TPSA) is 32.3 Å². The normalized spacial score (nSPS) is 26.1. The van der Waals surface area contributed by atoms with E-state index in [1.54, 1.807) is 6.92 Å². The number of likely N-dealkylation sites (N-methyl/N-ethyl adjacent to an activating group) is 1. The Hall–Kier alpha value is -0.780. The third kappa shape index (κ3) is 2.56. The van der Waals surface area contributed by atoms with Crippen molar-refractivity contribution in [2.24, 2.45) is 0 Å². The van der Waals surface area contributed by atoms with Gasteiger partial charge in [-0.15, -0.1) is 0 Å². The zero-order chi connectivity index (χ0) is 13.1. The molecular formula is C11H19F3N2O. The largest absolute Gasteiger partial charge is 0.412 e. The van der Waals surface area contributed by atoms with Gasteiger partial charge in [0.25, 0.3) is 0 Å². The van der Waals surface area contributed by atoms with E-state index >= 15 is 0 Å². The summed E-state index contributed by atoms with van der Waals surface area (Å²) in [7, 11) is 1.48. The first-order valence-corrected chi connectivity index (χ1v) is 5.91. The Balaban J connectivity index is 3.09. The molecule has 17 heavy (non-hydrogen) atoms. The summed E-state index contributed by atoms with van der Waals surface area (Å²) in [6, 6.07) is 0. The minimum atomic E-state index is -4.39. The van der Waals surface area contributed by atoms with Gasteiger partial charge in [-0.3, -0.25) is 4.79 Å². The molecule has 1 N–H and O–H groups in total. The van der Waals surface area contributed by atoms with Crippen molar-refractivity contribution in [3.8, 4) is 0 Å². The van der Waals surface area contributed by atoms with Crippen molar-refractivity contribution >= 4 is 5.91 Å². The maximum atomic E-state index is 13.3. The van der Waals surface area contributed by atoms with Crippen LogP contribution in [0.1, 0.15) is 32.6 Å². The van der Waals surface area contributed by atoms with Crippen LogP contribution in [-0.4, -0.2) is 42.7 Å². The summed E-state index contributed by atoms with van der Waals surface area (Å²) in [6.45, 7) is 1.56. The molecular weight excluding hydrogens is 233 g/mol. The molecule has 1 fully saturated rings. The highest BCUT2D eigenvalue weighted by molar-refractivity contribution is 5.77. The summed E-state index contributed by atoms with van der Waals surface area (Å²) in [5, 5.41) is 2.58. The molecule has 3 nitrogen and oxygen atoms in total. The minimum absolute atomic E-state index is 0.0108. The van der Waals surface area contributed by atoms with Gasteiger partial charge in [-0.1, -0.05) is 6.92 Å². The summed E-state index contributed by atoms with van der Waals surface area (Å²) in [4.78, 5) is 12.7. The second kappa shape index (κ2) is 5.25. The summed E-state index contributed by atoms with van der Waals surface area (Å²) >= 11 is 0. The van der Waals surface area contributed by atoms with Crippen LogP contribution in [0.4, 0.5) is 13.2 Å². The summed E-state index contributed by atoms with van der Waals surface area (Å²) < 4.78 is 39.9. The third-order valence-corrected chi connectivity index (χ3v) is 3.34. The number of rotatable bonds is 3. The van der Waals surface area contributed by atoms with Crippen molar-refractivity contribution in [3.05, 3.63) is 0 Å². The van der Waals surface area contributed by atoms with Gasteiger partial charge in [-0.2, -0.15) is 13.2 Å². The monoisotopic (exact) mass is 252 g/mol. The average Bonchev–Trinajstić information content (AvgIpc) is 2.27. The number of hydrogen-bond acceptors (Lipinski definition) is 2. The molecule has 0 radical (unpaired) electrons. The SMILES string of the molecule is CCC(=O)N1CCCCC1(CNC)C(F)(F)F. The second-order valence-corrected chi connectivity index (χ2v) is 4.42. The van der Waals surface area contributed by atoms with Crippen molar-refractivity contribution in [1.29, 1.82) is 0 Å². The Bertz CT molecular complexity index is 276. The molecule has 0 aromatic carbocycles. The van der Waals surface area contributed by atoms with E-state index in [2.05, 4.69) is 5.32 Å². The molecule has 6 heteroatoms. The van der Waals surface area contributed by atoms with Crippen LogP contribution < -0.4 is 5.32 Å². The lowest BCUT2D eigenvalue weighted by Gasteiger charge is -2.48. The van der Waals surface area contributed by atoms with Gasteiger partial charge in [0.1, 0.15) is 0 Å². The molecule has 0 aliphatic carbocycles. The summed E-state index contributed by atoms with van der Waals surface area (Å²) in [5.74, 6) is -0.419. The molecule has 1 amide bonds. The van der Waals surface area contributed by atoms with Gasteiger partial charge >= 0.3 is 6.18 Å². The number of alkyl halides is 3. The van der Waals surface area contributed by atoms with Crippen LogP contribution in [0.15, 0.2) is 0 Å².